The average Bonchev–Trinajstić information content (AvgIpc) is 3.08. The summed E-state index contributed by atoms with van der Waals surface area (Å²) in [4.78, 5) is 0. The molecule has 0 saturated carbocycles. The average molecular weight is 559 g/mol. The van der Waals surface area contributed by atoms with E-state index in [1.165, 1.54) is 54.2 Å². The molecule has 2 aliphatic heterocycles. The van der Waals surface area contributed by atoms with Crippen LogP contribution in [0.3, 0.4) is 0 Å². The van der Waals surface area contributed by atoms with Gasteiger partial charge < -0.3 is 9.47 Å². The Balaban J connectivity index is 1.27. The lowest BCUT2D eigenvalue weighted by atomic mass is 9.82. The number of rotatable bonds is 0. The Morgan fingerprint density at radius 2 is 0.727 bits per heavy atom. The van der Waals surface area contributed by atoms with Crippen LogP contribution in [0.5, 0.6) is 23.0 Å². The van der Waals surface area contributed by atoms with E-state index in [4.69, 9.17) is 9.47 Å². The Bertz CT molecular complexity index is 2580. The molecule has 0 spiro atoms. The van der Waals surface area contributed by atoms with Crippen molar-refractivity contribution in [1.82, 2.24) is 0 Å². The van der Waals surface area contributed by atoms with E-state index in [9.17, 15) is 0 Å². The molecule has 11 rings (SSSR count). The highest BCUT2D eigenvalue weighted by atomic mass is 16.5. The second-order valence-corrected chi connectivity index (χ2v) is 12.0. The van der Waals surface area contributed by atoms with Crippen LogP contribution >= 0.6 is 0 Å². The molecule has 0 atom stereocenters. The molecule has 9 aromatic carbocycles. The van der Waals surface area contributed by atoms with Crippen LogP contribution in [0.15, 0.2) is 133 Å². The molecule has 0 radical (unpaired) electrons. The first kappa shape index (κ1) is 22.7. The molecule has 9 aromatic rings. The van der Waals surface area contributed by atoms with Crippen LogP contribution in [0.1, 0.15) is 0 Å². The Kier molecular flexibility index (Phi) is 4.10. The Hall–Kier alpha value is -5.86. The maximum atomic E-state index is 6.89. The molecule has 2 nitrogen and oxygen atoms in total. The number of hydrogen-bond acceptors (Lipinski definition) is 2. The molecule has 2 heterocycles. The van der Waals surface area contributed by atoms with Crippen LogP contribution < -0.4 is 9.47 Å². The summed E-state index contributed by atoms with van der Waals surface area (Å²) in [6, 6.07) is 48.1. The van der Waals surface area contributed by atoms with Gasteiger partial charge >= 0.3 is 0 Å². The predicted molar refractivity (Wildman–Crippen MR) is 182 cm³/mol. The lowest BCUT2D eigenvalue weighted by Crippen LogP contribution is -2.04. The van der Waals surface area contributed by atoms with Crippen molar-refractivity contribution in [3.05, 3.63) is 133 Å². The van der Waals surface area contributed by atoms with Crippen LogP contribution in [0.4, 0.5) is 0 Å². The van der Waals surface area contributed by atoms with E-state index in [1.54, 1.807) is 0 Å². The molecule has 44 heavy (non-hydrogen) atoms. The summed E-state index contributed by atoms with van der Waals surface area (Å²) in [5.74, 6) is 3.59. The van der Waals surface area contributed by atoms with Crippen molar-refractivity contribution in [3.8, 4) is 45.3 Å². The minimum absolute atomic E-state index is 0.873. The van der Waals surface area contributed by atoms with Gasteiger partial charge in [0.05, 0.1) is 0 Å². The summed E-state index contributed by atoms with van der Waals surface area (Å²) >= 11 is 0. The molecule has 2 aliphatic rings. The quantitative estimate of drug-likeness (QED) is 0.172. The van der Waals surface area contributed by atoms with Crippen molar-refractivity contribution in [2.24, 2.45) is 0 Å². The van der Waals surface area contributed by atoms with Gasteiger partial charge in [0.25, 0.3) is 0 Å². The van der Waals surface area contributed by atoms with Gasteiger partial charge in [0.1, 0.15) is 23.0 Å². The SMILES string of the molecule is c1ccc2cc3c4c(ccc3cc2c1)-c1c2ccccc2c2c3c(ccc(c13)O4)Oc1c-2ccc2cc3ccccc3cc12. The first-order valence-electron chi connectivity index (χ1n) is 15.1. The van der Waals surface area contributed by atoms with Crippen molar-refractivity contribution in [2.75, 3.05) is 0 Å². The highest BCUT2D eigenvalue weighted by Crippen LogP contribution is 2.60. The van der Waals surface area contributed by atoms with E-state index in [2.05, 4.69) is 133 Å². The zero-order valence-electron chi connectivity index (χ0n) is 23.5. The highest BCUT2D eigenvalue weighted by molar-refractivity contribution is 6.28. The number of fused-ring (bicyclic) bond motifs is 13. The maximum absolute atomic E-state index is 6.89. The van der Waals surface area contributed by atoms with Gasteiger partial charge in [0.15, 0.2) is 0 Å². The summed E-state index contributed by atoms with van der Waals surface area (Å²) in [5, 5.41) is 14.2. The Labute approximate surface area is 252 Å². The summed E-state index contributed by atoms with van der Waals surface area (Å²) in [6.45, 7) is 0. The van der Waals surface area contributed by atoms with Crippen LogP contribution in [0, 0.1) is 0 Å². The van der Waals surface area contributed by atoms with E-state index < -0.39 is 0 Å². The van der Waals surface area contributed by atoms with E-state index in [-0.39, 0.29) is 0 Å². The molecular weight excluding hydrogens is 536 g/mol. The molecule has 0 saturated heterocycles. The van der Waals surface area contributed by atoms with Crippen molar-refractivity contribution in [2.45, 2.75) is 0 Å². The molecule has 0 N–H and O–H groups in total. The zero-order valence-corrected chi connectivity index (χ0v) is 23.5. The normalized spacial score (nSPS) is 12.9. The van der Waals surface area contributed by atoms with Gasteiger partial charge in [-0.2, -0.15) is 0 Å². The summed E-state index contributed by atoms with van der Waals surface area (Å²) < 4.78 is 13.8. The summed E-state index contributed by atoms with van der Waals surface area (Å²) in [6.07, 6.45) is 0. The van der Waals surface area contributed by atoms with E-state index in [0.29, 0.717) is 0 Å². The molecule has 0 aromatic heterocycles. The lowest BCUT2D eigenvalue weighted by Gasteiger charge is -2.30. The minimum atomic E-state index is 0.873. The topological polar surface area (TPSA) is 18.5 Å². The van der Waals surface area contributed by atoms with E-state index in [0.717, 1.165) is 55.7 Å². The third-order valence-corrected chi connectivity index (χ3v) is 9.73. The third kappa shape index (κ3) is 2.80. The predicted octanol–water partition coefficient (Wildman–Crippen LogP) is 12.2. The number of benzene rings is 9. The fourth-order valence-electron chi connectivity index (χ4n) is 7.79. The van der Waals surface area contributed by atoms with Crippen LogP contribution in [0.25, 0.3) is 86.9 Å². The van der Waals surface area contributed by atoms with Gasteiger partial charge in [0.2, 0.25) is 0 Å². The second kappa shape index (κ2) is 7.94. The molecule has 2 heteroatoms. The van der Waals surface area contributed by atoms with Gasteiger partial charge in [-0.15, -0.1) is 0 Å². The van der Waals surface area contributed by atoms with E-state index >= 15 is 0 Å². The van der Waals surface area contributed by atoms with Crippen molar-refractivity contribution >= 4 is 64.6 Å². The highest BCUT2D eigenvalue weighted by Gasteiger charge is 2.32. The number of hydrogen-bond donors (Lipinski definition) is 0. The van der Waals surface area contributed by atoms with Gasteiger partial charge in [-0.25, -0.2) is 0 Å². The van der Waals surface area contributed by atoms with Gasteiger partial charge in [-0.1, -0.05) is 84.9 Å². The van der Waals surface area contributed by atoms with Crippen LogP contribution in [-0.4, -0.2) is 0 Å². The molecule has 0 fully saturated rings. The molecular formula is C42H22O2. The van der Waals surface area contributed by atoms with E-state index in [1.807, 2.05) is 0 Å². The largest absolute Gasteiger partial charge is 0.455 e. The smallest absolute Gasteiger partial charge is 0.143 e. The molecule has 0 amide bonds. The maximum Gasteiger partial charge on any atom is 0.143 e. The molecule has 0 aliphatic carbocycles. The third-order valence-electron chi connectivity index (χ3n) is 9.73. The van der Waals surface area contributed by atoms with Crippen molar-refractivity contribution < 1.29 is 9.47 Å². The molecule has 0 bridgehead atoms. The van der Waals surface area contributed by atoms with Gasteiger partial charge in [-0.3, -0.25) is 0 Å². The Morgan fingerprint density at radius 1 is 0.318 bits per heavy atom. The summed E-state index contributed by atoms with van der Waals surface area (Å²) in [5.41, 5.74) is 4.67. The standard InChI is InChI=1S/C42H22O2/c1-3-9-25-21-33-27(19-23(25)7-1)13-15-31-37-29-11-5-6-12-30(29)38-32-16-14-28-20-24-8-2-4-10-26(24)22-34(28)42(32)44-36-18-17-35(43-41(31)33)39(37)40(36)38/h1-22H. The monoisotopic (exact) mass is 558 g/mol. The molecule has 202 valence electrons. The van der Waals surface area contributed by atoms with Crippen molar-refractivity contribution in [1.29, 1.82) is 0 Å². The second-order valence-electron chi connectivity index (χ2n) is 12.0. The lowest BCUT2D eigenvalue weighted by molar-refractivity contribution is 0.481. The molecule has 0 unspecified atom stereocenters. The zero-order chi connectivity index (χ0) is 28.5. The van der Waals surface area contributed by atoms with Gasteiger partial charge in [0, 0.05) is 43.8 Å². The van der Waals surface area contributed by atoms with Crippen molar-refractivity contribution in [3.63, 3.8) is 0 Å². The fraction of sp³-hybridized carbons (Fsp3) is 0. The first-order valence-corrected chi connectivity index (χ1v) is 15.1. The van der Waals surface area contributed by atoms with Crippen LogP contribution in [-0.2, 0) is 0 Å². The summed E-state index contributed by atoms with van der Waals surface area (Å²) in [7, 11) is 0. The van der Waals surface area contributed by atoms with Gasteiger partial charge in [-0.05, 0) is 91.6 Å². The number of ether oxygens (including phenoxy) is 2. The fourth-order valence-corrected chi connectivity index (χ4v) is 7.79. The van der Waals surface area contributed by atoms with Crippen LogP contribution in [0.2, 0.25) is 0 Å². The first-order chi connectivity index (χ1) is 21.8. The Morgan fingerprint density at radius 3 is 1.18 bits per heavy atom. The minimum Gasteiger partial charge on any atom is -0.455 e.